The fraction of sp³-hybridized carbons (Fsp3) is 0.698. The minimum absolute atomic E-state index is 0.0691. The molecule has 316 valence electrons. The van der Waals surface area contributed by atoms with Crippen LogP contribution in [0.15, 0.2) is 35.7 Å². The van der Waals surface area contributed by atoms with Crippen molar-refractivity contribution in [3.63, 3.8) is 0 Å². The van der Waals surface area contributed by atoms with Crippen molar-refractivity contribution < 1.29 is 29.4 Å². The Bertz CT molecular complexity index is 1200. The standard InChI is InChI=1S/C33H55N3O4S.C6H13N.C2H5NO.C2H4O/c1-7-9-11-12-19-36(30(38)13-10-8-2)28(24(3)4)22-29(37)31(35)41-20-18-26(23-33(5,6)32(39)40)21-25-14-16-27(34)17-15-25;1-7-5-3-2-4-6-7;1-3-2-4;1-2-3/h14-18,20,24,26,28-29,35,37H,7-13,19,21-23,34H2,1-6H3,(H,39,40);2-6H2,1H3;2H,1H3,(H,3,4);2H,1H3/b20-18+,35-31?;;;. The molecule has 3 unspecified atom stereocenters. The van der Waals surface area contributed by atoms with Crippen LogP contribution in [0.2, 0.25) is 0 Å². The Hall–Kier alpha value is -3.22. The van der Waals surface area contributed by atoms with Gasteiger partial charge in [0.2, 0.25) is 12.3 Å². The molecule has 0 radical (unpaired) electrons. The van der Waals surface area contributed by atoms with E-state index in [0.29, 0.717) is 44.3 Å². The average molecular weight is 792 g/mol. The van der Waals surface area contributed by atoms with E-state index in [2.05, 4.69) is 45.0 Å². The monoisotopic (exact) mass is 792 g/mol. The third-order valence-corrected chi connectivity index (χ3v) is 10.1. The predicted molar refractivity (Wildman–Crippen MR) is 231 cm³/mol. The lowest BCUT2D eigenvalue weighted by atomic mass is 9.80. The Morgan fingerprint density at radius 2 is 1.60 bits per heavy atom. The van der Waals surface area contributed by atoms with E-state index in [1.807, 2.05) is 35.2 Å². The van der Waals surface area contributed by atoms with Gasteiger partial charge in [-0.1, -0.05) is 89.8 Å². The number of unbranched alkanes of at least 4 members (excludes halogenated alkanes) is 4. The molecular formula is C43H77N5O6S. The summed E-state index contributed by atoms with van der Waals surface area (Å²) in [6.07, 6.45) is 14.6. The molecule has 0 aromatic heterocycles. The molecule has 2 rings (SSSR count). The van der Waals surface area contributed by atoms with Crippen LogP contribution in [0.3, 0.4) is 0 Å². The zero-order valence-corrected chi connectivity index (χ0v) is 36.5. The van der Waals surface area contributed by atoms with Gasteiger partial charge in [-0.3, -0.25) is 19.8 Å². The number of amides is 2. The first-order valence-electron chi connectivity index (χ1n) is 20.2. The van der Waals surface area contributed by atoms with Gasteiger partial charge in [0.1, 0.15) is 12.4 Å². The van der Waals surface area contributed by atoms with Crippen molar-refractivity contribution in [2.24, 2.45) is 17.3 Å². The number of carbonyl (C=O) groups is 4. The van der Waals surface area contributed by atoms with Crippen LogP contribution < -0.4 is 11.1 Å². The Kier molecular flexibility index (Phi) is 32.3. The summed E-state index contributed by atoms with van der Waals surface area (Å²) < 4.78 is 0. The van der Waals surface area contributed by atoms with Crippen molar-refractivity contribution in [2.45, 2.75) is 144 Å². The maximum absolute atomic E-state index is 13.2. The van der Waals surface area contributed by atoms with Gasteiger partial charge in [-0.25, -0.2) is 0 Å². The molecule has 0 saturated carbocycles. The van der Waals surface area contributed by atoms with E-state index < -0.39 is 17.5 Å². The Labute approximate surface area is 338 Å². The van der Waals surface area contributed by atoms with Crippen molar-refractivity contribution in [1.82, 2.24) is 15.1 Å². The Morgan fingerprint density at radius 3 is 2.05 bits per heavy atom. The van der Waals surface area contributed by atoms with Gasteiger partial charge in [-0.15, -0.1) is 0 Å². The number of nitrogens with two attached hydrogens (primary N) is 1. The number of allylic oxidation sites excluding steroid dienone is 1. The highest BCUT2D eigenvalue weighted by Gasteiger charge is 2.31. The van der Waals surface area contributed by atoms with Crippen LogP contribution in [-0.2, 0) is 25.6 Å². The second kappa shape index (κ2) is 33.0. The second-order valence-electron chi connectivity index (χ2n) is 15.2. The maximum atomic E-state index is 13.2. The molecule has 1 saturated heterocycles. The van der Waals surface area contributed by atoms with Gasteiger partial charge >= 0.3 is 5.97 Å². The molecule has 55 heavy (non-hydrogen) atoms. The zero-order chi connectivity index (χ0) is 42.2. The molecule has 1 aromatic carbocycles. The highest BCUT2D eigenvalue weighted by atomic mass is 32.2. The minimum atomic E-state index is -0.986. The first-order valence-corrected chi connectivity index (χ1v) is 21.1. The molecule has 0 spiro atoms. The summed E-state index contributed by atoms with van der Waals surface area (Å²) in [6.45, 7) is 16.6. The molecule has 11 nitrogen and oxygen atoms in total. The van der Waals surface area contributed by atoms with Gasteiger partial charge in [0, 0.05) is 38.2 Å². The van der Waals surface area contributed by atoms with E-state index in [4.69, 9.17) is 20.7 Å². The molecule has 2 amide bonds. The molecular weight excluding hydrogens is 715 g/mol. The number of carboxylic acid groups (broad SMARTS) is 1. The number of aliphatic carboxylic acids is 1. The third-order valence-electron chi connectivity index (χ3n) is 9.33. The smallest absolute Gasteiger partial charge is 0.309 e. The van der Waals surface area contributed by atoms with E-state index in [0.717, 1.165) is 62.1 Å². The number of carbonyl (C=O) groups excluding carboxylic acids is 3. The molecule has 1 aliphatic heterocycles. The Balaban J connectivity index is 0. The third kappa shape index (κ3) is 27.1. The van der Waals surface area contributed by atoms with E-state index in [1.54, 1.807) is 26.3 Å². The van der Waals surface area contributed by atoms with Crippen molar-refractivity contribution in [3.05, 3.63) is 41.3 Å². The van der Waals surface area contributed by atoms with E-state index >= 15 is 0 Å². The lowest BCUT2D eigenvalue weighted by molar-refractivity contribution is -0.147. The first-order chi connectivity index (χ1) is 26.0. The van der Waals surface area contributed by atoms with Crippen molar-refractivity contribution in [2.75, 3.05) is 39.5 Å². The van der Waals surface area contributed by atoms with Crippen LogP contribution >= 0.6 is 11.8 Å². The molecule has 0 bridgehead atoms. The number of likely N-dealkylation sites (tertiary alicyclic amines) is 1. The fourth-order valence-corrected chi connectivity index (χ4v) is 6.71. The second-order valence-corrected chi connectivity index (χ2v) is 16.2. The van der Waals surface area contributed by atoms with Gasteiger partial charge < -0.3 is 35.9 Å². The quantitative estimate of drug-likeness (QED) is 0.0270. The molecule has 12 heteroatoms. The highest BCUT2D eigenvalue weighted by Crippen LogP contribution is 2.30. The lowest BCUT2D eigenvalue weighted by Gasteiger charge is -2.36. The number of nitrogen functional groups attached to an aromatic ring is 1. The number of nitrogens with zero attached hydrogens (tertiary/aromatic N) is 2. The predicted octanol–water partition coefficient (Wildman–Crippen LogP) is 8.20. The molecule has 1 aromatic rings. The summed E-state index contributed by atoms with van der Waals surface area (Å²) in [5, 5.41) is 33.5. The summed E-state index contributed by atoms with van der Waals surface area (Å²) in [5.74, 6) is -0.631. The number of aldehydes is 1. The largest absolute Gasteiger partial charge is 0.481 e. The highest BCUT2D eigenvalue weighted by molar-refractivity contribution is 8.16. The number of aliphatic hydroxyl groups excluding tert-OH is 1. The number of benzene rings is 1. The number of carboxylic acids is 1. The SMILES string of the molecule is CC=O.CCCCCCN(C(=O)CCCC)C(CC(O)C(=N)S/C=C/C(Cc1ccc(N)cc1)CC(C)(C)C(=O)O)C(C)C.CN1CCCCC1.CNC=O. The van der Waals surface area contributed by atoms with Crippen LogP contribution in [0.25, 0.3) is 0 Å². The normalized spacial score (nSPS) is 14.5. The number of hydrogen-bond acceptors (Lipinski definition) is 9. The van der Waals surface area contributed by atoms with Crippen LogP contribution in [0.1, 0.15) is 131 Å². The number of rotatable bonds is 21. The summed E-state index contributed by atoms with van der Waals surface area (Å²) in [7, 11) is 3.76. The zero-order valence-electron chi connectivity index (χ0n) is 35.6. The number of aliphatic hydroxyl groups is 1. The van der Waals surface area contributed by atoms with Gasteiger partial charge in [0.15, 0.2) is 0 Å². The van der Waals surface area contributed by atoms with E-state index in [-0.39, 0.29) is 28.8 Å². The summed E-state index contributed by atoms with van der Waals surface area (Å²) in [6, 6.07) is 7.43. The number of anilines is 1. The topological polar surface area (TPSA) is 177 Å². The van der Waals surface area contributed by atoms with E-state index in [9.17, 15) is 19.8 Å². The van der Waals surface area contributed by atoms with Gasteiger partial charge in [0.05, 0.1) is 10.5 Å². The summed E-state index contributed by atoms with van der Waals surface area (Å²) >= 11 is 1.15. The Morgan fingerprint density at radius 1 is 1.04 bits per heavy atom. The summed E-state index contributed by atoms with van der Waals surface area (Å²) in [4.78, 5) is 47.2. The fourth-order valence-electron chi connectivity index (χ4n) is 6.01. The maximum Gasteiger partial charge on any atom is 0.309 e. The molecule has 1 fully saturated rings. The number of thioether (sulfide) groups is 1. The average Bonchev–Trinajstić information content (AvgIpc) is 3.14. The summed E-state index contributed by atoms with van der Waals surface area (Å²) in [5.41, 5.74) is 6.65. The number of nitrogens with one attached hydrogen (secondary N) is 2. The van der Waals surface area contributed by atoms with Crippen LogP contribution in [0, 0.1) is 22.7 Å². The van der Waals surface area contributed by atoms with Gasteiger partial charge in [0.25, 0.3) is 0 Å². The number of hydrogen-bond donors (Lipinski definition) is 5. The van der Waals surface area contributed by atoms with Crippen molar-refractivity contribution >= 4 is 47.1 Å². The van der Waals surface area contributed by atoms with Crippen LogP contribution in [-0.4, -0.2) is 95.5 Å². The van der Waals surface area contributed by atoms with Gasteiger partial charge in [-0.2, -0.15) is 0 Å². The molecule has 1 aliphatic rings. The van der Waals surface area contributed by atoms with E-state index in [1.165, 1.54) is 39.3 Å². The first kappa shape index (κ1) is 53.9. The number of piperidine rings is 1. The van der Waals surface area contributed by atoms with Crippen molar-refractivity contribution in [3.8, 4) is 0 Å². The van der Waals surface area contributed by atoms with Crippen LogP contribution in [0.5, 0.6) is 0 Å². The molecule has 6 N–H and O–H groups in total. The van der Waals surface area contributed by atoms with Crippen LogP contribution in [0.4, 0.5) is 5.69 Å². The van der Waals surface area contributed by atoms with Crippen molar-refractivity contribution in [1.29, 1.82) is 5.41 Å². The van der Waals surface area contributed by atoms with Gasteiger partial charge in [-0.05, 0) is 114 Å². The molecule has 3 atom stereocenters. The molecule has 1 heterocycles. The lowest BCUT2D eigenvalue weighted by Crippen LogP contribution is -2.46. The minimum Gasteiger partial charge on any atom is -0.481 e. The molecule has 0 aliphatic carbocycles.